The smallest absolute Gasteiger partial charge is 0.230 e. The van der Waals surface area contributed by atoms with E-state index in [1.54, 1.807) is 12.1 Å². The monoisotopic (exact) mass is 547 g/mol. The highest BCUT2D eigenvalue weighted by molar-refractivity contribution is 5.93. The first-order valence-corrected chi connectivity index (χ1v) is 13.3. The third-order valence-corrected chi connectivity index (χ3v) is 6.87. The van der Waals surface area contributed by atoms with Crippen LogP contribution in [0.3, 0.4) is 0 Å². The molecule has 0 bridgehead atoms. The molecule has 12 heteroatoms. The Bertz CT molecular complexity index is 1470. The fraction of sp³-hybridized carbons (Fsp3) is 0.357. The quantitative estimate of drug-likeness (QED) is 0.256. The zero-order chi connectivity index (χ0) is 27.3. The Morgan fingerprint density at radius 3 is 2.77 bits per heavy atom. The van der Waals surface area contributed by atoms with E-state index in [-0.39, 0.29) is 24.5 Å². The van der Waals surface area contributed by atoms with Gasteiger partial charge in [-0.25, -0.2) is 14.4 Å². The van der Waals surface area contributed by atoms with Crippen LogP contribution in [-0.2, 0) is 20.7 Å². The number of H-pyrrole nitrogens is 1. The number of halogens is 1. The van der Waals surface area contributed by atoms with Gasteiger partial charge in [-0.1, -0.05) is 6.07 Å². The van der Waals surface area contributed by atoms with Crippen LogP contribution in [0.25, 0.3) is 10.9 Å². The van der Waals surface area contributed by atoms with Gasteiger partial charge in [0.25, 0.3) is 0 Å². The molecular formula is C28H30FN7O4. The van der Waals surface area contributed by atoms with Crippen molar-refractivity contribution >= 4 is 34.1 Å². The third kappa shape index (κ3) is 6.36. The van der Waals surface area contributed by atoms with E-state index in [1.807, 2.05) is 18.2 Å². The fourth-order valence-electron chi connectivity index (χ4n) is 5.01. The van der Waals surface area contributed by atoms with E-state index in [0.717, 1.165) is 42.7 Å². The number of anilines is 3. The summed E-state index contributed by atoms with van der Waals surface area (Å²) < 4.78 is 30.9. The summed E-state index contributed by atoms with van der Waals surface area (Å²) in [5, 5.41) is 13.7. The number of carbonyl (C=O) groups is 1. The summed E-state index contributed by atoms with van der Waals surface area (Å²) in [4.78, 5) is 23.5. The van der Waals surface area contributed by atoms with Gasteiger partial charge in [0.05, 0.1) is 44.0 Å². The average molecular weight is 548 g/mol. The Kier molecular flexibility index (Phi) is 7.80. The number of nitrogens with one attached hydrogen (secondary N) is 3. The van der Waals surface area contributed by atoms with Crippen molar-refractivity contribution in [2.75, 3.05) is 50.1 Å². The molecular weight excluding hydrogens is 517 g/mol. The summed E-state index contributed by atoms with van der Waals surface area (Å²) in [5.41, 5.74) is 1.73. The number of carbonyl (C=O) groups excluding carboxylic acids is 1. The van der Waals surface area contributed by atoms with Crippen molar-refractivity contribution in [1.82, 2.24) is 25.1 Å². The molecule has 11 nitrogen and oxygen atoms in total. The molecule has 2 fully saturated rings. The number of ether oxygens (including phenoxy) is 3. The molecule has 0 radical (unpaired) electrons. The number of hydrogen-bond acceptors (Lipinski definition) is 9. The zero-order valence-corrected chi connectivity index (χ0v) is 21.8. The molecule has 2 atom stereocenters. The maximum absolute atomic E-state index is 13.4. The Labute approximate surface area is 230 Å². The van der Waals surface area contributed by atoms with Crippen LogP contribution in [0.5, 0.6) is 5.75 Å². The lowest BCUT2D eigenvalue weighted by Crippen LogP contribution is -2.36. The van der Waals surface area contributed by atoms with Gasteiger partial charge in [-0.15, -0.1) is 0 Å². The highest BCUT2D eigenvalue weighted by atomic mass is 19.1. The normalized spacial score (nSPS) is 18.9. The van der Waals surface area contributed by atoms with Crippen molar-refractivity contribution in [2.45, 2.75) is 25.0 Å². The van der Waals surface area contributed by atoms with Crippen molar-refractivity contribution in [3.63, 3.8) is 0 Å². The predicted molar refractivity (Wildman–Crippen MR) is 146 cm³/mol. The molecule has 0 spiro atoms. The molecule has 0 aliphatic carbocycles. The van der Waals surface area contributed by atoms with E-state index in [1.165, 1.54) is 24.5 Å². The van der Waals surface area contributed by atoms with Crippen LogP contribution in [0.15, 0.2) is 54.9 Å². The number of rotatable bonds is 10. The molecule has 208 valence electrons. The van der Waals surface area contributed by atoms with Crippen LogP contribution in [0, 0.1) is 5.82 Å². The van der Waals surface area contributed by atoms with Gasteiger partial charge in [0.2, 0.25) is 5.91 Å². The second-order valence-corrected chi connectivity index (χ2v) is 9.82. The van der Waals surface area contributed by atoms with Crippen LogP contribution < -0.4 is 15.4 Å². The predicted octanol–water partition coefficient (Wildman–Crippen LogP) is 3.29. The number of benzene rings is 2. The van der Waals surface area contributed by atoms with Crippen molar-refractivity contribution in [1.29, 1.82) is 0 Å². The first-order valence-electron chi connectivity index (χ1n) is 13.3. The second-order valence-electron chi connectivity index (χ2n) is 9.82. The summed E-state index contributed by atoms with van der Waals surface area (Å²) in [6, 6.07) is 13.2. The topological polar surface area (TPSA) is 127 Å². The van der Waals surface area contributed by atoms with Gasteiger partial charge in [0.1, 0.15) is 23.7 Å². The minimum atomic E-state index is -0.414. The number of aromatic nitrogens is 4. The molecule has 2 aromatic heterocycles. The number of nitrogens with zero attached hydrogens (tertiary/aromatic N) is 4. The summed E-state index contributed by atoms with van der Waals surface area (Å²) >= 11 is 0. The zero-order valence-electron chi connectivity index (χ0n) is 21.8. The summed E-state index contributed by atoms with van der Waals surface area (Å²) in [5.74, 6) is 1.13. The third-order valence-electron chi connectivity index (χ3n) is 6.87. The van der Waals surface area contributed by atoms with Crippen molar-refractivity contribution in [2.24, 2.45) is 0 Å². The van der Waals surface area contributed by atoms with E-state index in [4.69, 9.17) is 14.2 Å². The minimum absolute atomic E-state index is 0.0525. The lowest BCUT2D eigenvalue weighted by molar-refractivity contribution is -0.116. The largest absolute Gasteiger partial charge is 0.493 e. The highest BCUT2D eigenvalue weighted by Crippen LogP contribution is 2.26. The maximum Gasteiger partial charge on any atom is 0.230 e. The molecule has 2 aromatic carbocycles. The molecule has 2 aliphatic heterocycles. The van der Waals surface area contributed by atoms with Gasteiger partial charge in [0, 0.05) is 48.5 Å². The molecule has 3 N–H and O–H groups in total. The maximum atomic E-state index is 13.4. The van der Waals surface area contributed by atoms with Crippen LogP contribution in [0.2, 0.25) is 0 Å². The molecule has 2 saturated heterocycles. The first-order chi connectivity index (χ1) is 19.6. The molecule has 0 unspecified atom stereocenters. The van der Waals surface area contributed by atoms with E-state index in [0.29, 0.717) is 42.8 Å². The van der Waals surface area contributed by atoms with Crippen molar-refractivity contribution < 1.29 is 23.4 Å². The van der Waals surface area contributed by atoms with Gasteiger partial charge >= 0.3 is 0 Å². The number of amides is 1. The van der Waals surface area contributed by atoms with E-state index < -0.39 is 5.82 Å². The number of likely N-dealkylation sites (tertiary alicyclic amines) is 1. The molecule has 0 saturated carbocycles. The lowest BCUT2D eigenvalue weighted by Gasteiger charge is -2.24. The van der Waals surface area contributed by atoms with E-state index in [2.05, 4.69) is 35.7 Å². The molecule has 4 heterocycles. The Hall–Kier alpha value is -4.13. The van der Waals surface area contributed by atoms with Crippen molar-refractivity contribution in [3.8, 4) is 5.75 Å². The molecule has 40 heavy (non-hydrogen) atoms. The van der Waals surface area contributed by atoms with Crippen LogP contribution in [0.1, 0.15) is 12.1 Å². The summed E-state index contributed by atoms with van der Waals surface area (Å²) in [7, 11) is 0. The standard InChI is InChI=1S/C28H30FN7O4/c29-18-3-1-4-19(11-18)32-27(37)13-20-12-26(35-34-20)33-28-22-6-5-21(14-23(22)30-17-31-28)38-8-2-7-36-15-24-25(16-36)40-10-9-39-24/h1,3-6,11-12,14,17,24-25H,2,7-10,13,15-16H2,(H,32,37)(H2,30,31,33,34,35)/t24-,25+. The molecule has 2 aliphatic rings. The van der Waals surface area contributed by atoms with Gasteiger partial charge in [0.15, 0.2) is 5.82 Å². The summed E-state index contributed by atoms with van der Waals surface area (Å²) in [6.07, 6.45) is 2.81. The van der Waals surface area contributed by atoms with Crippen molar-refractivity contribution in [3.05, 3.63) is 66.4 Å². The Morgan fingerprint density at radius 2 is 1.95 bits per heavy atom. The fourth-order valence-corrected chi connectivity index (χ4v) is 5.01. The number of aromatic amines is 1. The van der Waals surface area contributed by atoms with Gasteiger partial charge in [-0.05, 0) is 36.8 Å². The number of fused-ring (bicyclic) bond motifs is 2. The van der Waals surface area contributed by atoms with Gasteiger partial charge < -0.3 is 24.8 Å². The number of hydrogen-bond donors (Lipinski definition) is 3. The van der Waals surface area contributed by atoms with Gasteiger partial charge in [-0.3, -0.25) is 14.8 Å². The SMILES string of the molecule is O=C(Cc1cc(Nc2ncnc3cc(OCCCN4C[C@@H]5OCCO[C@@H]5C4)ccc23)n[nH]1)Nc1cccc(F)c1. The van der Waals surface area contributed by atoms with Gasteiger partial charge in [-0.2, -0.15) is 5.10 Å². The molecule has 6 rings (SSSR count). The Balaban J connectivity index is 1.01. The first kappa shape index (κ1) is 26.1. The lowest BCUT2D eigenvalue weighted by atomic mass is 10.2. The van der Waals surface area contributed by atoms with E-state index >= 15 is 0 Å². The Morgan fingerprint density at radius 1 is 1.10 bits per heavy atom. The summed E-state index contributed by atoms with van der Waals surface area (Å²) in [6.45, 7) is 4.71. The molecule has 4 aromatic rings. The van der Waals surface area contributed by atoms with Crippen LogP contribution >= 0.6 is 0 Å². The minimum Gasteiger partial charge on any atom is -0.493 e. The van der Waals surface area contributed by atoms with E-state index in [9.17, 15) is 9.18 Å². The average Bonchev–Trinajstić information content (AvgIpc) is 3.57. The van der Waals surface area contributed by atoms with Crippen LogP contribution in [0.4, 0.5) is 21.7 Å². The molecule has 1 amide bonds. The van der Waals surface area contributed by atoms with Crippen LogP contribution in [-0.4, -0.2) is 82.6 Å². The second kappa shape index (κ2) is 11.9. The highest BCUT2D eigenvalue weighted by Gasteiger charge is 2.36.